The molecule has 126 valence electrons. The van der Waals surface area contributed by atoms with Gasteiger partial charge in [-0.1, -0.05) is 27.7 Å². The predicted molar refractivity (Wildman–Crippen MR) is 88.9 cm³/mol. The summed E-state index contributed by atoms with van der Waals surface area (Å²) in [4.78, 5) is 12.3. The lowest BCUT2D eigenvalue weighted by molar-refractivity contribution is 0.0940. The summed E-state index contributed by atoms with van der Waals surface area (Å²) in [6, 6.07) is 2.72. The number of halogens is 1. The Morgan fingerprint density at radius 1 is 1.39 bits per heavy atom. The molecule has 1 aromatic rings. The topological polar surface area (TPSA) is 58.6 Å². The summed E-state index contributed by atoms with van der Waals surface area (Å²) < 4.78 is 19.0. The number of carbonyl (C=O) groups is 1. The van der Waals surface area contributed by atoms with E-state index in [0.29, 0.717) is 35.3 Å². The van der Waals surface area contributed by atoms with Crippen LogP contribution in [-0.2, 0) is 11.3 Å². The van der Waals surface area contributed by atoms with Gasteiger partial charge in [-0.25, -0.2) is 4.39 Å². The average molecular weight is 321 g/mol. The van der Waals surface area contributed by atoms with Gasteiger partial charge in [0, 0.05) is 17.7 Å². The molecular weight excluding hydrogens is 296 g/mol. The lowest BCUT2D eigenvalue weighted by Gasteiger charge is -2.23. The molecule has 2 rings (SSSR count). The van der Waals surface area contributed by atoms with Crippen molar-refractivity contribution < 1.29 is 18.9 Å². The third-order valence-corrected chi connectivity index (χ3v) is 4.39. The van der Waals surface area contributed by atoms with Gasteiger partial charge >= 0.3 is 7.12 Å². The summed E-state index contributed by atoms with van der Waals surface area (Å²) in [6.45, 7) is 9.20. The van der Waals surface area contributed by atoms with E-state index in [0.717, 1.165) is 6.42 Å². The van der Waals surface area contributed by atoms with Gasteiger partial charge < -0.3 is 15.0 Å². The number of amides is 1. The molecule has 0 aliphatic carbocycles. The molecule has 6 heteroatoms. The highest BCUT2D eigenvalue weighted by molar-refractivity contribution is 6.61. The quantitative estimate of drug-likeness (QED) is 0.789. The number of hydrogen-bond acceptors (Lipinski definition) is 3. The Morgan fingerprint density at radius 3 is 2.70 bits per heavy atom. The monoisotopic (exact) mass is 321 g/mol. The minimum Gasteiger partial charge on any atom is -0.423 e. The van der Waals surface area contributed by atoms with Crippen molar-refractivity contribution in [3.8, 4) is 0 Å². The van der Waals surface area contributed by atoms with Crippen molar-refractivity contribution in [2.24, 2.45) is 17.8 Å². The van der Waals surface area contributed by atoms with E-state index in [1.807, 2.05) is 0 Å². The normalized spacial score (nSPS) is 15.2. The van der Waals surface area contributed by atoms with Crippen LogP contribution in [0.2, 0.25) is 0 Å². The molecule has 0 radical (unpaired) electrons. The van der Waals surface area contributed by atoms with Gasteiger partial charge in [0.2, 0.25) is 0 Å². The summed E-state index contributed by atoms with van der Waals surface area (Å²) in [6.07, 6.45) is 1.03. The van der Waals surface area contributed by atoms with Gasteiger partial charge in [0.1, 0.15) is 5.82 Å². The zero-order valence-corrected chi connectivity index (χ0v) is 14.2. The van der Waals surface area contributed by atoms with E-state index in [1.165, 1.54) is 12.1 Å². The summed E-state index contributed by atoms with van der Waals surface area (Å²) in [5.41, 5.74) is 0.893. The molecule has 4 nitrogen and oxygen atoms in total. The maximum absolute atomic E-state index is 14.0. The van der Waals surface area contributed by atoms with Crippen molar-refractivity contribution in [3.63, 3.8) is 0 Å². The van der Waals surface area contributed by atoms with E-state index in [4.69, 9.17) is 4.65 Å². The molecule has 1 aliphatic rings. The van der Waals surface area contributed by atoms with Gasteiger partial charge in [-0.2, -0.15) is 0 Å². The SMILES string of the molecule is CC(C)CC(CNC(=O)c1cc(F)c2c(c1)B(O)OC2)C(C)C. The Hall–Kier alpha value is -1.40. The Labute approximate surface area is 137 Å². The Bertz CT molecular complexity index is 577. The summed E-state index contributed by atoms with van der Waals surface area (Å²) in [5.74, 6) is 0.577. The second-order valence-electron chi connectivity index (χ2n) is 7.03. The molecule has 0 saturated heterocycles. The predicted octanol–water partition coefficient (Wildman–Crippen LogP) is 2.09. The lowest BCUT2D eigenvalue weighted by atomic mass is 9.78. The summed E-state index contributed by atoms with van der Waals surface area (Å²) in [5, 5.41) is 12.6. The molecule has 0 spiro atoms. The van der Waals surface area contributed by atoms with E-state index < -0.39 is 12.9 Å². The fourth-order valence-corrected chi connectivity index (χ4v) is 2.94. The van der Waals surface area contributed by atoms with Crippen LogP contribution in [0.25, 0.3) is 0 Å². The van der Waals surface area contributed by atoms with Crippen LogP contribution in [0.3, 0.4) is 0 Å². The first kappa shape index (κ1) is 18.0. The summed E-state index contributed by atoms with van der Waals surface area (Å²) >= 11 is 0. The number of nitrogens with one attached hydrogen (secondary N) is 1. The van der Waals surface area contributed by atoms with Crippen LogP contribution in [0.1, 0.15) is 50.0 Å². The average Bonchev–Trinajstić information content (AvgIpc) is 2.84. The van der Waals surface area contributed by atoms with Crippen LogP contribution in [-0.4, -0.2) is 24.6 Å². The standard InChI is InChI=1S/C17H25BFNO3/c1-10(2)5-13(11(3)4)8-20-17(21)12-6-15-14(16(19)7-12)9-23-18(15)22/h6-7,10-11,13,22H,5,8-9H2,1-4H3,(H,20,21). The molecule has 23 heavy (non-hydrogen) atoms. The second-order valence-corrected chi connectivity index (χ2v) is 7.03. The van der Waals surface area contributed by atoms with E-state index in [9.17, 15) is 14.2 Å². The number of carbonyl (C=O) groups excluding carboxylic acids is 1. The largest absolute Gasteiger partial charge is 0.491 e. The van der Waals surface area contributed by atoms with Crippen molar-refractivity contribution >= 4 is 18.5 Å². The molecule has 0 saturated carbocycles. The molecule has 0 aromatic heterocycles. The molecule has 1 unspecified atom stereocenters. The summed E-state index contributed by atoms with van der Waals surface area (Å²) in [7, 11) is -1.16. The highest BCUT2D eigenvalue weighted by Crippen LogP contribution is 2.20. The van der Waals surface area contributed by atoms with Gasteiger partial charge in [0.05, 0.1) is 6.61 Å². The molecule has 1 atom stereocenters. The number of benzene rings is 1. The minimum absolute atomic E-state index is 0.0358. The van der Waals surface area contributed by atoms with Crippen LogP contribution < -0.4 is 10.8 Å². The van der Waals surface area contributed by atoms with Gasteiger partial charge in [0.15, 0.2) is 0 Å². The lowest BCUT2D eigenvalue weighted by Crippen LogP contribution is -2.34. The number of rotatable bonds is 6. The van der Waals surface area contributed by atoms with Crippen LogP contribution in [0.5, 0.6) is 0 Å². The van der Waals surface area contributed by atoms with Gasteiger partial charge in [-0.3, -0.25) is 4.79 Å². The highest BCUT2D eigenvalue weighted by Gasteiger charge is 2.31. The van der Waals surface area contributed by atoms with Crippen molar-refractivity contribution in [2.75, 3.05) is 6.54 Å². The minimum atomic E-state index is -1.16. The molecule has 1 amide bonds. The molecule has 1 aliphatic heterocycles. The van der Waals surface area contributed by atoms with Crippen LogP contribution in [0.4, 0.5) is 4.39 Å². The van der Waals surface area contributed by atoms with Crippen LogP contribution in [0, 0.1) is 23.6 Å². The third kappa shape index (κ3) is 4.33. The zero-order valence-electron chi connectivity index (χ0n) is 14.2. The smallest absolute Gasteiger partial charge is 0.423 e. The van der Waals surface area contributed by atoms with E-state index >= 15 is 0 Å². The Kier molecular flexibility index (Phi) is 5.81. The van der Waals surface area contributed by atoms with Gasteiger partial charge in [-0.05, 0) is 41.8 Å². The van der Waals surface area contributed by atoms with Gasteiger partial charge in [-0.15, -0.1) is 0 Å². The third-order valence-electron chi connectivity index (χ3n) is 4.39. The fourth-order valence-electron chi connectivity index (χ4n) is 2.94. The molecular formula is C17H25BFNO3. The van der Waals surface area contributed by atoms with E-state index in [1.54, 1.807) is 0 Å². The maximum Gasteiger partial charge on any atom is 0.491 e. The fraction of sp³-hybridized carbons (Fsp3) is 0.588. The molecule has 1 heterocycles. The van der Waals surface area contributed by atoms with Crippen molar-refractivity contribution in [1.82, 2.24) is 5.32 Å². The Balaban J connectivity index is 2.06. The second kappa shape index (κ2) is 7.45. The Morgan fingerprint density at radius 2 is 2.09 bits per heavy atom. The first-order chi connectivity index (χ1) is 10.8. The van der Waals surface area contributed by atoms with Crippen LogP contribution in [0.15, 0.2) is 12.1 Å². The highest BCUT2D eigenvalue weighted by atomic mass is 19.1. The van der Waals surface area contributed by atoms with E-state index in [2.05, 4.69) is 33.0 Å². The zero-order chi connectivity index (χ0) is 17.1. The first-order valence-corrected chi connectivity index (χ1v) is 8.19. The number of hydrogen-bond donors (Lipinski definition) is 2. The van der Waals surface area contributed by atoms with Crippen molar-refractivity contribution in [3.05, 3.63) is 29.1 Å². The number of fused-ring (bicyclic) bond motifs is 1. The van der Waals surface area contributed by atoms with Crippen molar-refractivity contribution in [1.29, 1.82) is 0 Å². The molecule has 0 fully saturated rings. The van der Waals surface area contributed by atoms with Gasteiger partial charge in [0.25, 0.3) is 5.91 Å². The molecule has 0 bridgehead atoms. The maximum atomic E-state index is 14.0. The first-order valence-electron chi connectivity index (χ1n) is 8.19. The van der Waals surface area contributed by atoms with Crippen molar-refractivity contribution in [2.45, 2.75) is 40.7 Å². The molecule has 1 aromatic carbocycles. The van der Waals surface area contributed by atoms with Crippen LogP contribution >= 0.6 is 0 Å². The van der Waals surface area contributed by atoms with E-state index in [-0.39, 0.29) is 18.1 Å². The molecule has 2 N–H and O–H groups in total.